The van der Waals surface area contributed by atoms with Crippen LogP contribution in [0.4, 0.5) is 0 Å². The lowest BCUT2D eigenvalue weighted by Gasteiger charge is -2.23. The Labute approximate surface area is 154 Å². The van der Waals surface area contributed by atoms with Crippen LogP contribution in [-0.2, 0) is 9.59 Å². The van der Waals surface area contributed by atoms with Crippen molar-refractivity contribution in [3.05, 3.63) is 24.2 Å². The van der Waals surface area contributed by atoms with E-state index in [-0.39, 0.29) is 23.5 Å². The lowest BCUT2D eigenvalue weighted by molar-refractivity contribution is -0.130. The SMILES string of the molecule is CC(C)C(NC(=O)c1ccco1)C(=O)NCCCN1CCCCCC1=O. The molecule has 1 fully saturated rings. The molecule has 26 heavy (non-hydrogen) atoms. The molecule has 0 saturated carbocycles. The van der Waals surface area contributed by atoms with Crippen LogP contribution in [0.1, 0.15) is 56.5 Å². The number of rotatable bonds is 8. The van der Waals surface area contributed by atoms with E-state index < -0.39 is 11.9 Å². The Morgan fingerprint density at radius 3 is 2.77 bits per heavy atom. The van der Waals surface area contributed by atoms with Gasteiger partial charge in [0.05, 0.1) is 6.26 Å². The van der Waals surface area contributed by atoms with Crippen molar-refractivity contribution in [2.24, 2.45) is 5.92 Å². The fourth-order valence-corrected chi connectivity index (χ4v) is 3.02. The second-order valence-corrected chi connectivity index (χ2v) is 7.01. The average Bonchev–Trinajstić information content (AvgIpc) is 3.07. The summed E-state index contributed by atoms with van der Waals surface area (Å²) in [6, 6.07) is 2.55. The third kappa shape index (κ3) is 5.89. The summed E-state index contributed by atoms with van der Waals surface area (Å²) in [5, 5.41) is 5.58. The number of nitrogens with zero attached hydrogens (tertiary/aromatic N) is 1. The summed E-state index contributed by atoms with van der Waals surface area (Å²) in [4.78, 5) is 38.4. The predicted molar refractivity (Wildman–Crippen MR) is 97.5 cm³/mol. The molecular weight excluding hydrogens is 334 g/mol. The van der Waals surface area contributed by atoms with Crippen LogP contribution in [-0.4, -0.2) is 48.3 Å². The highest BCUT2D eigenvalue weighted by molar-refractivity contribution is 5.95. The Kier molecular flexibility index (Phi) is 7.69. The highest BCUT2D eigenvalue weighted by Gasteiger charge is 2.25. The van der Waals surface area contributed by atoms with E-state index in [0.717, 1.165) is 25.8 Å². The summed E-state index contributed by atoms with van der Waals surface area (Å²) in [6.07, 6.45) is 5.87. The van der Waals surface area contributed by atoms with Crippen molar-refractivity contribution in [1.29, 1.82) is 0 Å². The molecule has 3 amide bonds. The average molecular weight is 363 g/mol. The summed E-state index contributed by atoms with van der Waals surface area (Å²) < 4.78 is 5.06. The Morgan fingerprint density at radius 1 is 1.27 bits per heavy atom. The Hall–Kier alpha value is -2.31. The second kappa shape index (κ2) is 9.99. The van der Waals surface area contributed by atoms with Gasteiger partial charge in [-0.25, -0.2) is 0 Å². The Bertz CT molecular complexity index is 598. The first kappa shape index (κ1) is 20.0. The van der Waals surface area contributed by atoms with E-state index in [1.807, 2.05) is 18.7 Å². The highest BCUT2D eigenvalue weighted by Crippen LogP contribution is 2.11. The largest absolute Gasteiger partial charge is 0.459 e. The van der Waals surface area contributed by atoms with Gasteiger partial charge in [0.1, 0.15) is 6.04 Å². The quantitative estimate of drug-likeness (QED) is 0.691. The molecule has 0 aromatic carbocycles. The van der Waals surface area contributed by atoms with Crippen LogP contribution in [0.25, 0.3) is 0 Å². The Morgan fingerprint density at radius 2 is 2.08 bits per heavy atom. The minimum atomic E-state index is -0.632. The zero-order valence-electron chi connectivity index (χ0n) is 15.6. The van der Waals surface area contributed by atoms with Gasteiger partial charge in [-0.1, -0.05) is 20.3 Å². The van der Waals surface area contributed by atoms with Crippen LogP contribution in [0.2, 0.25) is 0 Å². The van der Waals surface area contributed by atoms with Crippen LogP contribution in [0.5, 0.6) is 0 Å². The number of hydrogen-bond donors (Lipinski definition) is 2. The molecule has 1 aromatic rings. The van der Waals surface area contributed by atoms with Gasteiger partial charge in [-0.2, -0.15) is 0 Å². The van der Waals surface area contributed by atoms with Gasteiger partial charge in [0.2, 0.25) is 11.8 Å². The lowest BCUT2D eigenvalue weighted by Crippen LogP contribution is -2.50. The number of nitrogens with one attached hydrogen (secondary N) is 2. The van der Waals surface area contributed by atoms with Gasteiger partial charge in [-0.3, -0.25) is 14.4 Å². The molecular formula is C19H29N3O4. The molecule has 0 radical (unpaired) electrons. The molecule has 1 unspecified atom stereocenters. The minimum absolute atomic E-state index is 0.0545. The number of carbonyl (C=O) groups excluding carboxylic acids is 3. The molecule has 1 aromatic heterocycles. The molecule has 2 rings (SSSR count). The second-order valence-electron chi connectivity index (χ2n) is 7.01. The number of furan rings is 1. The number of carbonyl (C=O) groups is 3. The molecule has 2 N–H and O–H groups in total. The summed E-state index contributed by atoms with van der Waals surface area (Å²) in [7, 11) is 0. The van der Waals surface area contributed by atoms with E-state index in [9.17, 15) is 14.4 Å². The zero-order chi connectivity index (χ0) is 18.9. The highest BCUT2D eigenvalue weighted by atomic mass is 16.3. The first-order valence-corrected chi connectivity index (χ1v) is 9.39. The van der Waals surface area contributed by atoms with Crippen molar-refractivity contribution in [3.8, 4) is 0 Å². The summed E-state index contributed by atoms with van der Waals surface area (Å²) in [6.45, 7) is 5.69. The van der Waals surface area contributed by atoms with E-state index in [4.69, 9.17) is 4.42 Å². The number of likely N-dealkylation sites (tertiary alicyclic amines) is 1. The standard InChI is InChI=1S/C19H29N3O4/c1-14(2)17(21-18(24)15-8-6-13-26-15)19(25)20-10-7-12-22-11-5-3-4-9-16(22)23/h6,8,13-14,17H,3-5,7,9-12H2,1-2H3,(H,20,25)(H,21,24). The molecule has 7 nitrogen and oxygen atoms in total. The van der Waals surface area contributed by atoms with Crippen LogP contribution in [0.15, 0.2) is 22.8 Å². The Balaban J connectivity index is 1.76. The molecule has 1 atom stereocenters. The first-order chi connectivity index (χ1) is 12.5. The summed E-state index contributed by atoms with van der Waals surface area (Å²) in [5.41, 5.74) is 0. The smallest absolute Gasteiger partial charge is 0.287 e. The normalized spacial score (nSPS) is 16.3. The van der Waals surface area contributed by atoms with Gasteiger partial charge in [-0.05, 0) is 37.3 Å². The lowest BCUT2D eigenvalue weighted by atomic mass is 10.0. The van der Waals surface area contributed by atoms with Gasteiger partial charge in [0.15, 0.2) is 5.76 Å². The van der Waals surface area contributed by atoms with Crippen molar-refractivity contribution in [3.63, 3.8) is 0 Å². The van der Waals surface area contributed by atoms with Gasteiger partial charge >= 0.3 is 0 Å². The molecule has 0 bridgehead atoms. The van der Waals surface area contributed by atoms with Crippen LogP contribution >= 0.6 is 0 Å². The molecule has 0 aliphatic carbocycles. The first-order valence-electron chi connectivity index (χ1n) is 9.39. The number of amides is 3. The monoisotopic (exact) mass is 363 g/mol. The third-order valence-electron chi connectivity index (χ3n) is 4.56. The van der Waals surface area contributed by atoms with Crippen LogP contribution < -0.4 is 10.6 Å². The molecule has 7 heteroatoms. The van der Waals surface area contributed by atoms with Crippen LogP contribution in [0.3, 0.4) is 0 Å². The van der Waals surface area contributed by atoms with Crippen LogP contribution in [0, 0.1) is 5.92 Å². The van der Waals surface area contributed by atoms with Gasteiger partial charge in [-0.15, -0.1) is 0 Å². The van der Waals surface area contributed by atoms with E-state index >= 15 is 0 Å². The topological polar surface area (TPSA) is 91.7 Å². The molecule has 2 heterocycles. The predicted octanol–water partition coefficient (Wildman–Crippen LogP) is 1.94. The summed E-state index contributed by atoms with van der Waals surface area (Å²) in [5.74, 6) is -0.287. The fourth-order valence-electron chi connectivity index (χ4n) is 3.02. The maximum atomic E-state index is 12.4. The maximum Gasteiger partial charge on any atom is 0.287 e. The summed E-state index contributed by atoms with van der Waals surface area (Å²) >= 11 is 0. The molecule has 1 saturated heterocycles. The zero-order valence-corrected chi connectivity index (χ0v) is 15.6. The van der Waals surface area contributed by atoms with Gasteiger partial charge in [0, 0.05) is 26.1 Å². The van der Waals surface area contributed by atoms with Crippen molar-refractivity contribution in [2.75, 3.05) is 19.6 Å². The van der Waals surface area contributed by atoms with Crippen molar-refractivity contribution in [2.45, 2.75) is 52.0 Å². The molecule has 1 aliphatic heterocycles. The fraction of sp³-hybridized carbons (Fsp3) is 0.632. The molecule has 144 valence electrons. The van der Waals surface area contributed by atoms with Crippen molar-refractivity contribution in [1.82, 2.24) is 15.5 Å². The number of hydrogen-bond acceptors (Lipinski definition) is 4. The minimum Gasteiger partial charge on any atom is -0.459 e. The van der Waals surface area contributed by atoms with E-state index in [1.165, 1.54) is 6.26 Å². The van der Waals surface area contributed by atoms with Crippen molar-refractivity contribution < 1.29 is 18.8 Å². The van der Waals surface area contributed by atoms with Gasteiger partial charge < -0.3 is 20.0 Å². The molecule has 0 spiro atoms. The molecule has 1 aliphatic rings. The van der Waals surface area contributed by atoms with E-state index in [0.29, 0.717) is 25.9 Å². The van der Waals surface area contributed by atoms with E-state index in [1.54, 1.807) is 12.1 Å². The third-order valence-corrected chi connectivity index (χ3v) is 4.56. The maximum absolute atomic E-state index is 12.4. The van der Waals surface area contributed by atoms with E-state index in [2.05, 4.69) is 10.6 Å². The van der Waals surface area contributed by atoms with Crippen molar-refractivity contribution >= 4 is 17.7 Å². The van der Waals surface area contributed by atoms with Gasteiger partial charge in [0.25, 0.3) is 5.91 Å².